The van der Waals surface area contributed by atoms with Crippen LogP contribution in [0, 0.1) is 6.92 Å². The molecule has 110 valence electrons. The molecule has 0 saturated carbocycles. The lowest BCUT2D eigenvalue weighted by molar-refractivity contribution is 0.0950. The SMILES string of the molecule is Cc1cc(Br)cc(C(=O)NCc2ccc(C(C)C)cc2)c1. The van der Waals surface area contributed by atoms with Crippen molar-refractivity contribution >= 4 is 21.8 Å². The molecular formula is C18H20BrNO. The van der Waals surface area contributed by atoms with Gasteiger partial charge in [0, 0.05) is 16.6 Å². The van der Waals surface area contributed by atoms with Gasteiger partial charge in [0.25, 0.3) is 5.91 Å². The minimum Gasteiger partial charge on any atom is -0.348 e. The number of benzene rings is 2. The molecule has 0 aromatic heterocycles. The fraction of sp³-hybridized carbons (Fsp3) is 0.278. The fourth-order valence-corrected chi connectivity index (χ4v) is 2.78. The maximum atomic E-state index is 12.2. The number of carbonyl (C=O) groups excluding carboxylic acids is 1. The molecule has 2 rings (SSSR count). The van der Waals surface area contributed by atoms with Crippen molar-refractivity contribution < 1.29 is 4.79 Å². The number of rotatable bonds is 4. The zero-order chi connectivity index (χ0) is 15.4. The molecule has 0 bridgehead atoms. The van der Waals surface area contributed by atoms with Crippen LogP contribution in [0.2, 0.25) is 0 Å². The molecule has 0 aliphatic carbocycles. The summed E-state index contributed by atoms with van der Waals surface area (Å²) in [6.07, 6.45) is 0. The molecule has 0 saturated heterocycles. The first-order chi connectivity index (χ1) is 9.95. The Balaban J connectivity index is 2.00. The summed E-state index contributed by atoms with van der Waals surface area (Å²) in [5.41, 5.74) is 4.17. The Morgan fingerprint density at radius 3 is 2.38 bits per heavy atom. The molecular weight excluding hydrogens is 326 g/mol. The molecule has 0 heterocycles. The van der Waals surface area contributed by atoms with Crippen molar-refractivity contribution in [2.24, 2.45) is 0 Å². The Labute approximate surface area is 134 Å². The van der Waals surface area contributed by atoms with E-state index in [0.29, 0.717) is 18.0 Å². The first-order valence-electron chi connectivity index (χ1n) is 7.10. The van der Waals surface area contributed by atoms with Gasteiger partial charge < -0.3 is 5.32 Å². The molecule has 0 fully saturated rings. The van der Waals surface area contributed by atoms with Gasteiger partial charge in [-0.15, -0.1) is 0 Å². The topological polar surface area (TPSA) is 29.1 Å². The van der Waals surface area contributed by atoms with Crippen LogP contribution in [0.3, 0.4) is 0 Å². The summed E-state index contributed by atoms with van der Waals surface area (Å²) in [6, 6.07) is 14.1. The van der Waals surface area contributed by atoms with Crippen molar-refractivity contribution in [2.75, 3.05) is 0 Å². The molecule has 2 aromatic carbocycles. The van der Waals surface area contributed by atoms with Gasteiger partial charge in [0.05, 0.1) is 0 Å². The van der Waals surface area contributed by atoms with E-state index in [4.69, 9.17) is 0 Å². The molecule has 0 aliphatic heterocycles. The molecule has 1 N–H and O–H groups in total. The van der Waals surface area contributed by atoms with E-state index >= 15 is 0 Å². The lowest BCUT2D eigenvalue weighted by Gasteiger charge is -2.09. The Hall–Kier alpha value is -1.61. The van der Waals surface area contributed by atoms with Crippen molar-refractivity contribution in [3.8, 4) is 0 Å². The summed E-state index contributed by atoms with van der Waals surface area (Å²) >= 11 is 3.42. The molecule has 1 amide bonds. The standard InChI is InChI=1S/C18H20BrNO/c1-12(2)15-6-4-14(5-7-15)11-20-18(21)16-8-13(3)9-17(19)10-16/h4-10,12H,11H2,1-3H3,(H,20,21). The van der Waals surface area contributed by atoms with Crippen LogP contribution in [-0.2, 0) is 6.54 Å². The molecule has 21 heavy (non-hydrogen) atoms. The van der Waals surface area contributed by atoms with Crippen molar-refractivity contribution in [1.82, 2.24) is 5.32 Å². The van der Waals surface area contributed by atoms with Crippen molar-refractivity contribution in [3.05, 3.63) is 69.2 Å². The fourth-order valence-electron chi connectivity index (χ4n) is 2.17. The van der Waals surface area contributed by atoms with Gasteiger partial charge in [0.2, 0.25) is 0 Å². The monoisotopic (exact) mass is 345 g/mol. The van der Waals surface area contributed by atoms with Crippen LogP contribution in [0.25, 0.3) is 0 Å². The molecule has 0 aliphatic rings. The average molecular weight is 346 g/mol. The molecule has 0 spiro atoms. The number of nitrogens with one attached hydrogen (secondary N) is 1. The lowest BCUT2D eigenvalue weighted by atomic mass is 10.0. The third kappa shape index (κ3) is 4.43. The summed E-state index contributed by atoms with van der Waals surface area (Å²) in [7, 11) is 0. The van der Waals surface area contributed by atoms with Crippen molar-refractivity contribution in [3.63, 3.8) is 0 Å². The van der Waals surface area contributed by atoms with Crippen LogP contribution < -0.4 is 5.32 Å². The smallest absolute Gasteiger partial charge is 0.251 e. The van der Waals surface area contributed by atoms with Gasteiger partial charge in [-0.25, -0.2) is 0 Å². The van der Waals surface area contributed by atoms with E-state index in [0.717, 1.165) is 15.6 Å². The van der Waals surface area contributed by atoms with Crippen LogP contribution in [0.5, 0.6) is 0 Å². The van der Waals surface area contributed by atoms with Crippen LogP contribution in [0.1, 0.15) is 46.8 Å². The van der Waals surface area contributed by atoms with E-state index in [1.54, 1.807) is 0 Å². The maximum absolute atomic E-state index is 12.2. The van der Waals surface area contributed by atoms with Gasteiger partial charge in [0.15, 0.2) is 0 Å². The van der Waals surface area contributed by atoms with Crippen molar-refractivity contribution in [1.29, 1.82) is 0 Å². The second kappa shape index (κ2) is 6.90. The summed E-state index contributed by atoms with van der Waals surface area (Å²) in [5.74, 6) is 0.477. The van der Waals surface area contributed by atoms with E-state index in [1.807, 2.05) is 25.1 Å². The third-order valence-corrected chi connectivity index (χ3v) is 3.86. The summed E-state index contributed by atoms with van der Waals surface area (Å²) in [5, 5.41) is 2.96. The van der Waals surface area contributed by atoms with Gasteiger partial charge >= 0.3 is 0 Å². The lowest BCUT2D eigenvalue weighted by Crippen LogP contribution is -2.22. The zero-order valence-corrected chi connectivity index (χ0v) is 14.2. The number of amides is 1. The summed E-state index contributed by atoms with van der Waals surface area (Å²) < 4.78 is 0.925. The summed E-state index contributed by atoms with van der Waals surface area (Å²) in [4.78, 5) is 12.2. The van der Waals surface area contributed by atoms with E-state index < -0.39 is 0 Å². The highest BCUT2D eigenvalue weighted by Crippen LogP contribution is 2.16. The minimum atomic E-state index is -0.0488. The van der Waals surface area contributed by atoms with Crippen LogP contribution >= 0.6 is 15.9 Å². The molecule has 0 radical (unpaired) electrons. The Morgan fingerprint density at radius 1 is 1.14 bits per heavy atom. The number of hydrogen-bond donors (Lipinski definition) is 1. The van der Waals surface area contributed by atoms with E-state index in [1.165, 1.54) is 5.56 Å². The van der Waals surface area contributed by atoms with Gasteiger partial charge in [-0.2, -0.15) is 0 Å². The number of hydrogen-bond acceptors (Lipinski definition) is 1. The Kier molecular flexibility index (Phi) is 5.18. The normalized spacial score (nSPS) is 10.7. The first-order valence-corrected chi connectivity index (χ1v) is 7.89. The van der Waals surface area contributed by atoms with Gasteiger partial charge in [-0.3, -0.25) is 4.79 Å². The Morgan fingerprint density at radius 2 is 1.81 bits per heavy atom. The minimum absolute atomic E-state index is 0.0488. The van der Waals surface area contributed by atoms with Gasteiger partial charge in [0.1, 0.15) is 0 Å². The highest BCUT2D eigenvalue weighted by atomic mass is 79.9. The number of carbonyl (C=O) groups is 1. The molecule has 0 unspecified atom stereocenters. The van der Waals surface area contributed by atoms with Crippen LogP contribution in [-0.4, -0.2) is 5.91 Å². The number of aryl methyl sites for hydroxylation is 1. The van der Waals surface area contributed by atoms with Crippen molar-refractivity contribution in [2.45, 2.75) is 33.2 Å². The van der Waals surface area contributed by atoms with Crippen LogP contribution in [0.15, 0.2) is 46.9 Å². The predicted molar refractivity (Wildman–Crippen MR) is 90.6 cm³/mol. The highest BCUT2D eigenvalue weighted by molar-refractivity contribution is 9.10. The average Bonchev–Trinajstić information content (AvgIpc) is 2.44. The predicted octanol–water partition coefficient (Wildman–Crippen LogP) is 4.81. The second-order valence-electron chi connectivity index (χ2n) is 5.60. The molecule has 2 aromatic rings. The van der Waals surface area contributed by atoms with E-state index in [9.17, 15) is 4.79 Å². The third-order valence-electron chi connectivity index (χ3n) is 3.40. The second-order valence-corrected chi connectivity index (χ2v) is 6.51. The summed E-state index contributed by atoms with van der Waals surface area (Å²) in [6.45, 7) is 6.87. The molecule has 2 nitrogen and oxygen atoms in total. The first kappa shape index (κ1) is 15.8. The molecule has 3 heteroatoms. The Bertz CT molecular complexity index is 612. The largest absolute Gasteiger partial charge is 0.348 e. The van der Waals surface area contributed by atoms with Gasteiger partial charge in [-0.05, 0) is 47.7 Å². The number of halogens is 1. The highest BCUT2D eigenvalue weighted by Gasteiger charge is 2.07. The zero-order valence-electron chi connectivity index (χ0n) is 12.6. The van der Waals surface area contributed by atoms with Gasteiger partial charge in [-0.1, -0.05) is 54.0 Å². The van der Waals surface area contributed by atoms with E-state index in [2.05, 4.69) is 59.4 Å². The maximum Gasteiger partial charge on any atom is 0.251 e. The molecule has 0 atom stereocenters. The van der Waals surface area contributed by atoms with E-state index in [-0.39, 0.29) is 5.91 Å². The van der Waals surface area contributed by atoms with Crippen LogP contribution in [0.4, 0.5) is 0 Å². The quantitative estimate of drug-likeness (QED) is 0.846.